The Morgan fingerprint density at radius 1 is 1.33 bits per heavy atom. The molecule has 0 bridgehead atoms. The van der Waals surface area contributed by atoms with Crippen LogP contribution in [0, 0.1) is 19.3 Å². The minimum atomic E-state index is -4.70. The number of hydrogen-bond donors (Lipinski definition) is 0. The van der Waals surface area contributed by atoms with Crippen molar-refractivity contribution in [2.75, 3.05) is 6.54 Å². The SMILES string of the molecule is C#CCN(C(CCC)C(=C)C(F)(F)F)S(=O)(=O)c1ccc(C)cc1. The lowest BCUT2D eigenvalue weighted by Crippen LogP contribution is -2.44. The first-order valence-electron chi connectivity index (χ1n) is 7.33. The van der Waals surface area contributed by atoms with Crippen molar-refractivity contribution in [1.29, 1.82) is 0 Å². The molecule has 0 aliphatic rings. The predicted octanol–water partition coefficient (Wildman–Crippen LogP) is 3.91. The zero-order valence-electron chi connectivity index (χ0n) is 13.6. The average Bonchev–Trinajstić information content (AvgIpc) is 2.49. The van der Waals surface area contributed by atoms with E-state index in [1.54, 1.807) is 26.0 Å². The Morgan fingerprint density at radius 2 is 1.88 bits per heavy atom. The van der Waals surface area contributed by atoms with Gasteiger partial charge in [-0.15, -0.1) is 6.42 Å². The third kappa shape index (κ3) is 4.62. The second-order valence-electron chi connectivity index (χ2n) is 5.39. The van der Waals surface area contributed by atoms with Crippen molar-refractivity contribution >= 4 is 10.0 Å². The van der Waals surface area contributed by atoms with Crippen LogP contribution in [0.2, 0.25) is 0 Å². The van der Waals surface area contributed by atoms with Crippen molar-refractivity contribution in [3.8, 4) is 12.3 Å². The number of terminal acetylenes is 1. The normalized spacial score (nSPS) is 13.5. The van der Waals surface area contributed by atoms with Crippen LogP contribution in [-0.2, 0) is 10.0 Å². The van der Waals surface area contributed by atoms with Crippen LogP contribution in [-0.4, -0.2) is 31.5 Å². The Bertz CT molecular complexity index is 716. The fourth-order valence-corrected chi connectivity index (χ4v) is 3.82. The molecule has 0 heterocycles. The molecule has 0 fully saturated rings. The average molecular weight is 359 g/mol. The summed E-state index contributed by atoms with van der Waals surface area (Å²) in [6, 6.07) is 4.43. The van der Waals surface area contributed by atoms with Crippen LogP contribution in [0.15, 0.2) is 41.3 Å². The summed E-state index contributed by atoms with van der Waals surface area (Å²) in [6.07, 6.45) is 0.834. The standard InChI is InChI=1S/C17H20F3NO2S/c1-5-7-16(14(4)17(18,19)20)21(12-6-2)24(22,23)15-10-8-13(3)9-11-15/h2,8-11,16H,4-5,7,12H2,1,3H3. The number of sulfonamides is 1. The first kappa shape index (κ1) is 20.3. The van der Waals surface area contributed by atoms with Crippen molar-refractivity contribution in [2.45, 2.75) is 43.8 Å². The molecule has 1 rings (SSSR count). The molecule has 1 aromatic carbocycles. The number of alkyl halides is 3. The highest BCUT2D eigenvalue weighted by atomic mass is 32.2. The van der Waals surface area contributed by atoms with Crippen LogP contribution in [0.25, 0.3) is 0 Å². The maximum absolute atomic E-state index is 13.1. The van der Waals surface area contributed by atoms with E-state index in [2.05, 4.69) is 12.5 Å². The van der Waals surface area contributed by atoms with E-state index >= 15 is 0 Å². The van der Waals surface area contributed by atoms with Gasteiger partial charge >= 0.3 is 6.18 Å². The van der Waals surface area contributed by atoms with Crippen molar-refractivity contribution in [3.63, 3.8) is 0 Å². The quantitative estimate of drug-likeness (QED) is 0.547. The van der Waals surface area contributed by atoms with Crippen molar-refractivity contribution in [3.05, 3.63) is 42.0 Å². The lowest BCUT2D eigenvalue weighted by molar-refractivity contribution is -0.0986. The minimum absolute atomic E-state index is 0.0227. The molecule has 0 aromatic heterocycles. The lowest BCUT2D eigenvalue weighted by Gasteiger charge is -2.31. The van der Waals surface area contributed by atoms with Gasteiger partial charge in [0.25, 0.3) is 0 Å². The third-order valence-corrected chi connectivity index (χ3v) is 5.42. The summed E-state index contributed by atoms with van der Waals surface area (Å²) in [5.74, 6) is 2.14. The van der Waals surface area contributed by atoms with E-state index < -0.39 is 34.4 Å². The van der Waals surface area contributed by atoms with Crippen LogP contribution in [0.4, 0.5) is 13.2 Å². The zero-order valence-corrected chi connectivity index (χ0v) is 14.4. The Kier molecular flexibility index (Phi) is 6.64. The highest BCUT2D eigenvalue weighted by molar-refractivity contribution is 7.89. The molecule has 1 unspecified atom stereocenters. The Hall–Kier alpha value is -1.78. The van der Waals surface area contributed by atoms with Gasteiger partial charge in [-0.25, -0.2) is 8.42 Å². The Balaban J connectivity index is 3.39. The summed E-state index contributed by atoms with van der Waals surface area (Å²) in [6.45, 7) is 6.06. The fraction of sp³-hybridized carbons (Fsp3) is 0.412. The molecule has 24 heavy (non-hydrogen) atoms. The van der Waals surface area contributed by atoms with Gasteiger partial charge < -0.3 is 0 Å². The van der Waals surface area contributed by atoms with E-state index in [1.807, 2.05) is 0 Å². The maximum atomic E-state index is 13.1. The van der Waals surface area contributed by atoms with Gasteiger partial charge in [0.1, 0.15) is 0 Å². The first-order valence-corrected chi connectivity index (χ1v) is 8.77. The molecule has 7 heteroatoms. The maximum Gasteiger partial charge on any atom is 0.413 e. The summed E-state index contributed by atoms with van der Waals surface area (Å²) in [5.41, 5.74) is -0.280. The molecular weight excluding hydrogens is 339 g/mol. The molecule has 0 saturated carbocycles. The van der Waals surface area contributed by atoms with Gasteiger partial charge in [-0.3, -0.25) is 0 Å². The van der Waals surface area contributed by atoms with Gasteiger partial charge in [-0.2, -0.15) is 17.5 Å². The second kappa shape index (κ2) is 7.86. The second-order valence-corrected chi connectivity index (χ2v) is 7.29. The highest BCUT2D eigenvalue weighted by Crippen LogP contribution is 2.33. The molecular formula is C17H20F3NO2S. The van der Waals surface area contributed by atoms with E-state index in [-0.39, 0.29) is 11.3 Å². The summed E-state index contributed by atoms with van der Waals surface area (Å²) in [4.78, 5) is -0.0978. The summed E-state index contributed by atoms with van der Waals surface area (Å²) in [5, 5.41) is 0. The monoisotopic (exact) mass is 359 g/mol. The Morgan fingerprint density at radius 3 is 2.29 bits per heavy atom. The van der Waals surface area contributed by atoms with Crippen LogP contribution >= 0.6 is 0 Å². The molecule has 0 N–H and O–H groups in total. The van der Waals surface area contributed by atoms with Crippen LogP contribution < -0.4 is 0 Å². The molecule has 0 amide bonds. The summed E-state index contributed by atoms with van der Waals surface area (Å²) < 4.78 is 65.6. The van der Waals surface area contributed by atoms with Gasteiger partial charge in [0.15, 0.2) is 0 Å². The van der Waals surface area contributed by atoms with Crippen molar-refractivity contribution in [2.24, 2.45) is 0 Å². The van der Waals surface area contributed by atoms with Crippen LogP contribution in [0.3, 0.4) is 0 Å². The van der Waals surface area contributed by atoms with E-state index in [1.165, 1.54) is 12.1 Å². The first-order chi connectivity index (χ1) is 11.1. The fourth-order valence-electron chi connectivity index (χ4n) is 2.25. The topological polar surface area (TPSA) is 37.4 Å². The molecule has 0 saturated heterocycles. The largest absolute Gasteiger partial charge is 0.413 e. The highest BCUT2D eigenvalue weighted by Gasteiger charge is 2.42. The van der Waals surface area contributed by atoms with E-state index in [0.29, 0.717) is 10.7 Å². The number of aryl methyl sites for hydroxylation is 1. The van der Waals surface area contributed by atoms with E-state index in [0.717, 1.165) is 5.56 Å². The lowest BCUT2D eigenvalue weighted by atomic mass is 10.0. The predicted molar refractivity (Wildman–Crippen MR) is 87.8 cm³/mol. The molecule has 1 aromatic rings. The zero-order chi connectivity index (χ0) is 18.5. The number of halogens is 3. The number of rotatable bonds is 7. The number of hydrogen-bond acceptors (Lipinski definition) is 2. The van der Waals surface area contributed by atoms with Gasteiger partial charge in [-0.05, 0) is 25.5 Å². The van der Waals surface area contributed by atoms with Crippen molar-refractivity contribution in [1.82, 2.24) is 4.31 Å². The van der Waals surface area contributed by atoms with Crippen LogP contribution in [0.5, 0.6) is 0 Å². The van der Waals surface area contributed by atoms with Gasteiger partial charge in [0.2, 0.25) is 10.0 Å². The minimum Gasteiger partial charge on any atom is -0.207 e. The summed E-state index contributed by atoms with van der Waals surface area (Å²) in [7, 11) is -4.18. The van der Waals surface area contributed by atoms with Crippen LogP contribution in [0.1, 0.15) is 25.3 Å². The van der Waals surface area contributed by atoms with Gasteiger partial charge in [-0.1, -0.05) is 43.5 Å². The molecule has 0 spiro atoms. The third-order valence-electron chi connectivity index (χ3n) is 3.55. The molecule has 132 valence electrons. The van der Waals surface area contributed by atoms with Crippen molar-refractivity contribution < 1.29 is 21.6 Å². The molecule has 0 radical (unpaired) electrons. The van der Waals surface area contributed by atoms with Gasteiger partial charge in [0, 0.05) is 5.57 Å². The smallest absolute Gasteiger partial charge is 0.207 e. The van der Waals surface area contributed by atoms with E-state index in [9.17, 15) is 21.6 Å². The molecule has 0 aliphatic heterocycles. The summed E-state index contributed by atoms with van der Waals surface area (Å²) >= 11 is 0. The Labute approximate surface area is 141 Å². The molecule has 0 aliphatic carbocycles. The van der Waals surface area contributed by atoms with E-state index in [4.69, 9.17) is 6.42 Å². The number of benzene rings is 1. The van der Waals surface area contributed by atoms with Gasteiger partial charge in [0.05, 0.1) is 17.5 Å². The number of nitrogens with zero attached hydrogens (tertiary/aromatic N) is 1. The molecule has 1 atom stereocenters. The molecule has 3 nitrogen and oxygen atoms in total.